The maximum Gasteiger partial charge on any atom is 0.251 e. The van der Waals surface area contributed by atoms with E-state index < -0.39 is 23.3 Å². The van der Waals surface area contributed by atoms with Gasteiger partial charge < -0.3 is 11.1 Å². The Morgan fingerprint density at radius 2 is 1.88 bits per heavy atom. The molecule has 0 unspecified atom stereocenters. The lowest BCUT2D eigenvalue weighted by atomic mass is 9.84. The van der Waals surface area contributed by atoms with E-state index in [2.05, 4.69) is 10.3 Å². The molecule has 2 amide bonds. The summed E-state index contributed by atoms with van der Waals surface area (Å²) in [4.78, 5) is 31.8. The van der Waals surface area contributed by atoms with Gasteiger partial charge in [0.1, 0.15) is 5.82 Å². The van der Waals surface area contributed by atoms with Crippen LogP contribution < -0.4 is 11.1 Å². The average molecular weight is 473 g/mol. The maximum absolute atomic E-state index is 14.5. The average Bonchev–Trinajstić information content (AvgIpc) is 2.72. The third-order valence-electron chi connectivity index (χ3n) is 6.39. The molecule has 3 rings (SSSR count). The molecule has 176 valence electrons. The fourth-order valence-electron chi connectivity index (χ4n) is 3.89. The minimum atomic E-state index is -0.592. The normalized spacial score (nSPS) is 20.4. The van der Waals surface area contributed by atoms with Crippen LogP contribution in [-0.2, 0) is 4.79 Å². The van der Waals surface area contributed by atoms with Gasteiger partial charge in [-0.05, 0) is 68.1 Å². The van der Waals surface area contributed by atoms with Gasteiger partial charge in [-0.25, -0.2) is 9.38 Å². The van der Waals surface area contributed by atoms with Gasteiger partial charge >= 0.3 is 0 Å². The molecule has 6 nitrogen and oxygen atoms in total. The van der Waals surface area contributed by atoms with Gasteiger partial charge in [-0.15, -0.1) is 0 Å². The highest BCUT2D eigenvalue weighted by Crippen LogP contribution is 2.33. The minimum Gasteiger partial charge on any atom is -0.369 e. The van der Waals surface area contributed by atoms with Gasteiger partial charge in [-0.2, -0.15) is 0 Å². The van der Waals surface area contributed by atoms with Crippen LogP contribution in [-0.4, -0.2) is 28.2 Å². The standard InChI is InChI=1S/C25H30ClFN4O2/c1-14(2)25(5)13-22(32)31(24(28)30-25)16(4)18-9-19(12-21(27)11-18)23(33)29-15(3)17-7-6-8-20(26)10-17/h6-12,14-16H,13H2,1-5H3,(H2,28,30)(H,29,33)/t15-,16+,25-/m0/s1. The zero-order chi connectivity index (χ0) is 24.5. The van der Waals surface area contributed by atoms with Crippen LogP contribution in [0.4, 0.5) is 4.39 Å². The van der Waals surface area contributed by atoms with Crippen LogP contribution in [0.15, 0.2) is 47.5 Å². The summed E-state index contributed by atoms with van der Waals surface area (Å²) < 4.78 is 14.5. The molecule has 0 bridgehead atoms. The molecular weight excluding hydrogens is 443 g/mol. The quantitative estimate of drug-likeness (QED) is 0.620. The molecule has 1 heterocycles. The number of aliphatic imine (C=N–C) groups is 1. The van der Waals surface area contributed by atoms with Crippen LogP contribution in [0.25, 0.3) is 0 Å². The van der Waals surface area contributed by atoms with Crippen molar-refractivity contribution in [3.8, 4) is 0 Å². The molecule has 0 radical (unpaired) electrons. The Balaban J connectivity index is 1.85. The lowest BCUT2D eigenvalue weighted by molar-refractivity contribution is -0.131. The second kappa shape index (κ2) is 9.51. The molecule has 33 heavy (non-hydrogen) atoms. The number of nitrogens with two attached hydrogens (primary N) is 1. The van der Waals surface area contributed by atoms with E-state index in [0.717, 1.165) is 5.56 Å². The molecule has 1 aliphatic rings. The largest absolute Gasteiger partial charge is 0.369 e. The summed E-state index contributed by atoms with van der Waals surface area (Å²) in [6, 6.07) is 10.3. The predicted octanol–water partition coefficient (Wildman–Crippen LogP) is 4.99. The van der Waals surface area contributed by atoms with E-state index in [1.807, 2.05) is 33.8 Å². The fraction of sp³-hybridized carbons (Fsp3) is 0.400. The summed E-state index contributed by atoms with van der Waals surface area (Å²) in [7, 11) is 0. The first-order valence-electron chi connectivity index (χ1n) is 11.0. The van der Waals surface area contributed by atoms with Crippen LogP contribution in [0.5, 0.6) is 0 Å². The summed E-state index contributed by atoms with van der Waals surface area (Å²) in [5.74, 6) is -0.972. The van der Waals surface area contributed by atoms with Gasteiger partial charge in [0.2, 0.25) is 5.91 Å². The van der Waals surface area contributed by atoms with Crippen molar-refractivity contribution in [2.24, 2.45) is 16.6 Å². The van der Waals surface area contributed by atoms with Crippen molar-refractivity contribution in [1.29, 1.82) is 0 Å². The van der Waals surface area contributed by atoms with Crippen molar-refractivity contribution in [3.63, 3.8) is 0 Å². The van der Waals surface area contributed by atoms with Crippen molar-refractivity contribution >= 4 is 29.4 Å². The second-order valence-electron chi connectivity index (χ2n) is 9.12. The molecule has 3 atom stereocenters. The van der Waals surface area contributed by atoms with Gasteiger partial charge in [-0.3, -0.25) is 14.5 Å². The summed E-state index contributed by atoms with van der Waals surface area (Å²) in [5, 5.41) is 3.42. The van der Waals surface area contributed by atoms with Crippen molar-refractivity contribution in [2.75, 3.05) is 0 Å². The SMILES string of the molecule is CC(C)[C@]1(C)CC(=O)N([C@H](C)c2cc(F)cc(C(=O)N[C@@H](C)c3cccc(Cl)c3)c2)C(N)=N1. The van der Waals surface area contributed by atoms with Gasteiger partial charge in [0, 0.05) is 10.6 Å². The summed E-state index contributed by atoms with van der Waals surface area (Å²) in [6.45, 7) is 9.44. The number of nitrogens with one attached hydrogen (secondary N) is 1. The van der Waals surface area contributed by atoms with Crippen molar-refractivity contribution in [1.82, 2.24) is 10.2 Å². The van der Waals surface area contributed by atoms with Gasteiger partial charge in [0.05, 0.1) is 24.0 Å². The maximum atomic E-state index is 14.5. The smallest absolute Gasteiger partial charge is 0.251 e. The predicted molar refractivity (Wildman–Crippen MR) is 128 cm³/mol. The molecule has 1 aliphatic heterocycles. The van der Waals surface area contributed by atoms with Crippen LogP contribution in [0.3, 0.4) is 0 Å². The van der Waals surface area contributed by atoms with Gasteiger partial charge in [0.25, 0.3) is 5.91 Å². The first-order valence-corrected chi connectivity index (χ1v) is 11.3. The Morgan fingerprint density at radius 3 is 2.48 bits per heavy atom. The summed E-state index contributed by atoms with van der Waals surface area (Å²) >= 11 is 6.04. The number of hydrogen-bond donors (Lipinski definition) is 2. The zero-order valence-electron chi connectivity index (χ0n) is 19.5. The van der Waals surface area contributed by atoms with E-state index in [1.54, 1.807) is 31.2 Å². The van der Waals surface area contributed by atoms with Crippen LogP contribution in [0, 0.1) is 11.7 Å². The van der Waals surface area contributed by atoms with E-state index in [-0.39, 0.29) is 35.8 Å². The fourth-order valence-corrected chi connectivity index (χ4v) is 4.09. The summed E-state index contributed by atoms with van der Waals surface area (Å²) in [5.41, 5.74) is 7.02. The molecule has 2 aromatic rings. The number of carbonyl (C=O) groups is 2. The summed E-state index contributed by atoms with van der Waals surface area (Å²) in [6.07, 6.45) is 0.204. The van der Waals surface area contributed by atoms with Crippen molar-refractivity contribution < 1.29 is 14.0 Å². The van der Waals surface area contributed by atoms with Crippen molar-refractivity contribution in [3.05, 3.63) is 70.0 Å². The number of amides is 2. The number of rotatable bonds is 6. The Labute approximate surface area is 199 Å². The van der Waals surface area contributed by atoms with E-state index in [9.17, 15) is 14.0 Å². The second-order valence-corrected chi connectivity index (χ2v) is 9.56. The van der Waals surface area contributed by atoms with Gasteiger partial charge in [0.15, 0.2) is 5.96 Å². The first-order chi connectivity index (χ1) is 15.4. The molecule has 0 saturated heterocycles. The van der Waals surface area contributed by atoms with Gasteiger partial charge in [-0.1, -0.05) is 37.6 Å². The number of nitrogens with zero attached hydrogens (tertiary/aromatic N) is 2. The Bertz CT molecular complexity index is 1100. The molecule has 2 aromatic carbocycles. The highest BCUT2D eigenvalue weighted by Gasteiger charge is 2.40. The molecule has 0 saturated carbocycles. The molecule has 0 aliphatic carbocycles. The van der Waals surface area contributed by atoms with E-state index >= 15 is 0 Å². The van der Waals surface area contributed by atoms with Crippen LogP contribution in [0.1, 0.15) is 74.6 Å². The van der Waals surface area contributed by atoms with E-state index in [4.69, 9.17) is 17.3 Å². The first kappa shape index (κ1) is 24.7. The number of hydrogen-bond acceptors (Lipinski definition) is 4. The number of carbonyl (C=O) groups excluding carboxylic acids is 2. The van der Waals surface area contributed by atoms with Crippen LogP contribution in [0.2, 0.25) is 5.02 Å². The molecule has 0 fully saturated rings. The number of guanidine groups is 1. The number of halogens is 2. The monoisotopic (exact) mass is 472 g/mol. The molecule has 8 heteroatoms. The molecular formula is C25H30ClFN4O2. The minimum absolute atomic E-state index is 0.0970. The topological polar surface area (TPSA) is 87.8 Å². The zero-order valence-corrected chi connectivity index (χ0v) is 20.3. The highest BCUT2D eigenvalue weighted by atomic mass is 35.5. The molecule has 0 spiro atoms. The lowest BCUT2D eigenvalue weighted by Crippen LogP contribution is -2.53. The molecule has 3 N–H and O–H groups in total. The van der Waals surface area contributed by atoms with E-state index in [1.165, 1.54) is 17.0 Å². The Morgan fingerprint density at radius 1 is 1.18 bits per heavy atom. The Kier molecular flexibility index (Phi) is 7.12. The third kappa shape index (κ3) is 5.36. The van der Waals surface area contributed by atoms with E-state index in [0.29, 0.717) is 10.6 Å². The third-order valence-corrected chi connectivity index (χ3v) is 6.62. The lowest BCUT2D eigenvalue weighted by Gasteiger charge is -2.40. The Hall–Kier alpha value is -2.93. The number of benzene rings is 2. The molecule has 0 aromatic heterocycles. The highest BCUT2D eigenvalue weighted by molar-refractivity contribution is 6.30. The van der Waals surface area contributed by atoms with Crippen LogP contribution >= 0.6 is 11.6 Å². The van der Waals surface area contributed by atoms with Crippen molar-refractivity contribution in [2.45, 2.75) is 58.7 Å².